The Morgan fingerprint density at radius 1 is 1.53 bits per heavy atom. The lowest BCUT2D eigenvalue weighted by atomic mass is 9.90. The number of hydrogen-bond acceptors (Lipinski definition) is 4. The molecule has 0 amide bonds. The molecule has 0 spiro atoms. The van der Waals surface area contributed by atoms with Crippen molar-refractivity contribution in [1.29, 1.82) is 0 Å². The van der Waals surface area contributed by atoms with E-state index in [9.17, 15) is 4.79 Å². The van der Waals surface area contributed by atoms with Gasteiger partial charge < -0.3 is 10.5 Å². The Hall–Kier alpha value is -0.610. The minimum Gasteiger partial charge on any atom is -0.465 e. The molecule has 1 aliphatic heterocycles. The molecule has 4 heteroatoms. The third kappa shape index (κ3) is 3.68. The Labute approximate surface area is 104 Å². The average Bonchev–Trinajstić information content (AvgIpc) is 2.32. The van der Waals surface area contributed by atoms with Gasteiger partial charge in [0.15, 0.2) is 0 Å². The number of nitrogens with two attached hydrogens (primary N) is 1. The van der Waals surface area contributed by atoms with Crippen LogP contribution in [0.4, 0.5) is 0 Å². The first-order chi connectivity index (χ1) is 8.13. The van der Waals surface area contributed by atoms with E-state index in [-0.39, 0.29) is 12.0 Å². The smallest absolute Gasteiger partial charge is 0.323 e. The molecule has 0 aliphatic carbocycles. The molecule has 0 radical (unpaired) electrons. The van der Waals surface area contributed by atoms with E-state index in [1.807, 2.05) is 13.8 Å². The molecule has 17 heavy (non-hydrogen) atoms. The average molecular weight is 242 g/mol. The van der Waals surface area contributed by atoms with Gasteiger partial charge in [-0.05, 0) is 38.6 Å². The van der Waals surface area contributed by atoms with Crippen molar-refractivity contribution in [1.82, 2.24) is 4.90 Å². The van der Waals surface area contributed by atoms with Crippen LogP contribution in [0.25, 0.3) is 0 Å². The molecule has 1 heterocycles. The van der Waals surface area contributed by atoms with E-state index in [1.54, 1.807) is 0 Å². The fraction of sp³-hybridized carbons (Fsp3) is 0.923. The largest absolute Gasteiger partial charge is 0.465 e. The highest BCUT2D eigenvalue weighted by Crippen LogP contribution is 2.25. The summed E-state index contributed by atoms with van der Waals surface area (Å²) in [4.78, 5) is 14.2. The van der Waals surface area contributed by atoms with Gasteiger partial charge in [-0.2, -0.15) is 0 Å². The van der Waals surface area contributed by atoms with Gasteiger partial charge in [0.25, 0.3) is 0 Å². The van der Waals surface area contributed by atoms with Gasteiger partial charge in [0.05, 0.1) is 6.61 Å². The molecule has 0 aromatic carbocycles. The van der Waals surface area contributed by atoms with Crippen molar-refractivity contribution >= 4 is 5.97 Å². The van der Waals surface area contributed by atoms with Gasteiger partial charge in [-0.3, -0.25) is 9.69 Å². The second-order valence-corrected chi connectivity index (χ2v) is 4.93. The topological polar surface area (TPSA) is 55.6 Å². The first kappa shape index (κ1) is 14.5. The number of carbonyl (C=O) groups is 1. The van der Waals surface area contributed by atoms with Crippen molar-refractivity contribution in [2.45, 2.75) is 52.1 Å². The summed E-state index contributed by atoms with van der Waals surface area (Å²) >= 11 is 0. The predicted octanol–water partition coefficient (Wildman–Crippen LogP) is 1.39. The lowest BCUT2D eigenvalue weighted by Crippen LogP contribution is -2.54. The van der Waals surface area contributed by atoms with Crippen LogP contribution >= 0.6 is 0 Å². The molecule has 0 saturated carbocycles. The maximum Gasteiger partial charge on any atom is 0.323 e. The zero-order valence-corrected chi connectivity index (χ0v) is 11.3. The molecule has 3 atom stereocenters. The van der Waals surface area contributed by atoms with Crippen molar-refractivity contribution in [3.63, 3.8) is 0 Å². The van der Waals surface area contributed by atoms with Gasteiger partial charge in [0.1, 0.15) is 6.04 Å². The van der Waals surface area contributed by atoms with Crippen LogP contribution < -0.4 is 5.73 Å². The summed E-state index contributed by atoms with van der Waals surface area (Å²) in [6.45, 7) is 8.18. The van der Waals surface area contributed by atoms with Crippen LogP contribution in [-0.2, 0) is 9.53 Å². The molecule has 1 saturated heterocycles. The van der Waals surface area contributed by atoms with E-state index in [1.165, 1.54) is 0 Å². The molecule has 3 unspecified atom stereocenters. The van der Waals surface area contributed by atoms with E-state index in [0.717, 1.165) is 25.8 Å². The van der Waals surface area contributed by atoms with Crippen LogP contribution in [0.15, 0.2) is 0 Å². The van der Waals surface area contributed by atoms with E-state index >= 15 is 0 Å². The van der Waals surface area contributed by atoms with Gasteiger partial charge in [-0.25, -0.2) is 0 Å². The first-order valence-electron chi connectivity index (χ1n) is 6.76. The molecular weight excluding hydrogens is 216 g/mol. The molecule has 100 valence electrons. The fourth-order valence-electron chi connectivity index (χ4n) is 2.69. The molecule has 4 nitrogen and oxygen atoms in total. The number of nitrogens with zero attached hydrogens (tertiary/aromatic N) is 1. The second-order valence-electron chi connectivity index (χ2n) is 4.93. The van der Waals surface area contributed by atoms with Gasteiger partial charge in [0.2, 0.25) is 0 Å². The van der Waals surface area contributed by atoms with Crippen molar-refractivity contribution in [3.8, 4) is 0 Å². The van der Waals surface area contributed by atoms with Crippen LogP contribution in [-0.4, -0.2) is 42.6 Å². The normalized spacial score (nSPS) is 27.8. The van der Waals surface area contributed by atoms with Crippen molar-refractivity contribution in [2.24, 2.45) is 11.7 Å². The summed E-state index contributed by atoms with van der Waals surface area (Å²) in [5.74, 6) is 0.613. The highest BCUT2D eigenvalue weighted by Gasteiger charge is 2.34. The number of rotatable bonds is 5. The van der Waals surface area contributed by atoms with E-state index in [2.05, 4.69) is 11.8 Å². The Morgan fingerprint density at radius 3 is 2.76 bits per heavy atom. The summed E-state index contributed by atoms with van der Waals surface area (Å²) in [6, 6.07) is 0.212. The molecule has 0 bridgehead atoms. The molecule has 0 aromatic rings. The van der Waals surface area contributed by atoms with Crippen LogP contribution in [0.2, 0.25) is 0 Å². The number of piperidine rings is 1. The zero-order chi connectivity index (χ0) is 12.8. The van der Waals surface area contributed by atoms with Gasteiger partial charge in [-0.1, -0.05) is 13.8 Å². The van der Waals surface area contributed by atoms with Gasteiger partial charge in [-0.15, -0.1) is 0 Å². The van der Waals surface area contributed by atoms with Crippen LogP contribution in [0.1, 0.15) is 40.0 Å². The number of likely N-dealkylation sites (tertiary alicyclic amines) is 1. The summed E-state index contributed by atoms with van der Waals surface area (Å²) in [6.07, 6.45) is 3.03. The summed E-state index contributed by atoms with van der Waals surface area (Å²) in [5, 5.41) is 0. The third-order valence-corrected chi connectivity index (χ3v) is 3.64. The molecular formula is C13H26N2O2. The Kier molecular flexibility index (Phi) is 5.92. The lowest BCUT2D eigenvalue weighted by molar-refractivity contribution is -0.151. The molecule has 1 aliphatic rings. The highest BCUT2D eigenvalue weighted by molar-refractivity contribution is 5.75. The van der Waals surface area contributed by atoms with E-state index < -0.39 is 0 Å². The quantitative estimate of drug-likeness (QED) is 0.740. The van der Waals surface area contributed by atoms with E-state index in [0.29, 0.717) is 25.1 Å². The Balaban J connectivity index is 2.69. The second kappa shape index (κ2) is 6.97. The SMILES string of the molecule is CCOC(=O)C(CC)N1CCC(C)CC1CN. The minimum absolute atomic E-state index is 0.0944. The van der Waals surface area contributed by atoms with Crippen LogP contribution in [0.3, 0.4) is 0 Å². The monoisotopic (exact) mass is 242 g/mol. The maximum absolute atomic E-state index is 11.9. The molecule has 1 rings (SSSR count). The van der Waals surface area contributed by atoms with Crippen molar-refractivity contribution in [2.75, 3.05) is 19.7 Å². The minimum atomic E-state index is -0.115. The summed E-state index contributed by atoms with van der Waals surface area (Å²) in [5.41, 5.74) is 5.83. The van der Waals surface area contributed by atoms with Crippen molar-refractivity contribution in [3.05, 3.63) is 0 Å². The molecule has 1 fully saturated rings. The lowest BCUT2D eigenvalue weighted by Gasteiger charge is -2.41. The Morgan fingerprint density at radius 2 is 2.24 bits per heavy atom. The Bertz CT molecular complexity index is 246. The maximum atomic E-state index is 11.9. The van der Waals surface area contributed by atoms with Crippen LogP contribution in [0.5, 0.6) is 0 Å². The fourth-order valence-corrected chi connectivity index (χ4v) is 2.69. The van der Waals surface area contributed by atoms with Crippen molar-refractivity contribution < 1.29 is 9.53 Å². The summed E-state index contributed by atoms with van der Waals surface area (Å²) in [7, 11) is 0. The summed E-state index contributed by atoms with van der Waals surface area (Å²) < 4.78 is 5.15. The number of esters is 1. The van der Waals surface area contributed by atoms with Crippen LogP contribution in [0, 0.1) is 5.92 Å². The zero-order valence-electron chi connectivity index (χ0n) is 11.3. The number of hydrogen-bond donors (Lipinski definition) is 1. The number of ether oxygens (including phenoxy) is 1. The van der Waals surface area contributed by atoms with Gasteiger partial charge >= 0.3 is 5.97 Å². The first-order valence-corrected chi connectivity index (χ1v) is 6.76. The standard InChI is InChI=1S/C13H26N2O2/c1-4-12(13(16)17-5-2)15-7-6-10(3)8-11(15)9-14/h10-12H,4-9,14H2,1-3H3. The molecule has 0 aromatic heterocycles. The predicted molar refractivity (Wildman–Crippen MR) is 68.7 cm³/mol. The van der Waals surface area contributed by atoms with E-state index in [4.69, 9.17) is 10.5 Å². The highest BCUT2D eigenvalue weighted by atomic mass is 16.5. The molecule has 2 N–H and O–H groups in total. The van der Waals surface area contributed by atoms with Gasteiger partial charge in [0, 0.05) is 12.6 Å². The number of carbonyl (C=O) groups excluding carboxylic acids is 1. The third-order valence-electron chi connectivity index (χ3n) is 3.64.